The summed E-state index contributed by atoms with van der Waals surface area (Å²) >= 11 is 0. The molecule has 0 aromatic carbocycles. The molecule has 0 unspecified atom stereocenters. The van der Waals surface area contributed by atoms with E-state index in [0.29, 0.717) is 0 Å². The maximum absolute atomic E-state index is 5.52. The summed E-state index contributed by atoms with van der Waals surface area (Å²) < 4.78 is 0. The van der Waals surface area contributed by atoms with Crippen LogP contribution in [0.15, 0.2) is 11.9 Å². The number of rotatable bonds is 1. The highest BCUT2D eigenvalue weighted by atomic mass is 15.4. The highest BCUT2D eigenvalue weighted by Gasteiger charge is 2.18. The lowest BCUT2D eigenvalue weighted by molar-refractivity contribution is 0.317. The Morgan fingerprint density at radius 3 is 1.80 bits per heavy atom. The number of hydrazine groups is 1. The monoisotopic (exact) mass is 143 g/mol. The van der Waals surface area contributed by atoms with Gasteiger partial charge >= 0.3 is 0 Å². The van der Waals surface area contributed by atoms with Crippen LogP contribution in [0.4, 0.5) is 0 Å². The minimum atomic E-state index is 0.0260. The lowest BCUT2D eigenvalue weighted by atomic mass is 9.92. The van der Waals surface area contributed by atoms with Gasteiger partial charge in [0.1, 0.15) is 0 Å². The first-order valence-electron chi connectivity index (χ1n) is 3.30. The number of hydrogen-bond donors (Lipinski definition) is 2. The first-order chi connectivity index (χ1) is 4.39. The van der Waals surface area contributed by atoms with Crippen molar-refractivity contribution >= 4 is 0 Å². The normalized spacial score (nSPS) is 13.5. The van der Waals surface area contributed by atoms with Crippen molar-refractivity contribution in [2.24, 2.45) is 17.0 Å². The van der Waals surface area contributed by atoms with Crippen LogP contribution in [0.25, 0.3) is 0 Å². The molecule has 0 fully saturated rings. The molecule has 0 saturated carbocycles. The quantitative estimate of drug-likeness (QED) is 0.418. The summed E-state index contributed by atoms with van der Waals surface area (Å²) in [6, 6.07) is 0. The summed E-state index contributed by atoms with van der Waals surface area (Å²) in [4.78, 5) is 0. The van der Waals surface area contributed by atoms with Crippen molar-refractivity contribution in [3.05, 3.63) is 11.9 Å². The number of hydrogen-bond acceptors (Lipinski definition) is 3. The van der Waals surface area contributed by atoms with Crippen LogP contribution in [0, 0.1) is 5.41 Å². The molecule has 10 heavy (non-hydrogen) atoms. The van der Waals surface area contributed by atoms with Gasteiger partial charge in [-0.15, -0.1) is 0 Å². The van der Waals surface area contributed by atoms with Crippen LogP contribution < -0.4 is 11.6 Å². The van der Waals surface area contributed by atoms with Crippen LogP contribution in [-0.4, -0.2) is 12.1 Å². The van der Waals surface area contributed by atoms with Gasteiger partial charge in [-0.3, -0.25) is 0 Å². The lowest BCUT2D eigenvalue weighted by Gasteiger charge is -2.28. The molecule has 0 aliphatic heterocycles. The Hall–Kier alpha value is -0.700. The van der Waals surface area contributed by atoms with Crippen LogP contribution in [0.1, 0.15) is 20.8 Å². The van der Waals surface area contributed by atoms with E-state index in [1.807, 2.05) is 0 Å². The first kappa shape index (κ1) is 9.30. The summed E-state index contributed by atoms with van der Waals surface area (Å²) in [7, 11) is 1.78. The zero-order chi connectivity index (χ0) is 8.36. The molecule has 0 aliphatic rings. The van der Waals surface area contributed by atoms with Crippen LogP contribution in [0.2, 0.25) is 0 Å². The van der Waals surface area contributed by atoms with Crippen molar-refractivity contribution in [1.29, 1.82) is 0 Å². The second-order valence-electron chi connectivity index (χ2n) is 3.41. The third-order valence-corrected chi connectivity index (χ3v) is 1.31. The summed E-state index contributed by atoms with van der Waals surface area (Å²) in [6.07, 6.45) is 1.54. The zero-order valence-electron chi connectivity index (χ0n) is 7.18. The van der Waals surface area contributed by atoms with E-state index in [1.54, 1.807) is 18.3 Å². The molecular weight excluding hydrogens is 126 g/mol. The summed E-state index contributed by atoms with van der Waals surface area (Å²) in [5.74, 6) is 5.52. The van der Waals surface area contributed by atoms with Gasteiger partial charge in [-0.25, -0.2) is 5.84 Å². The predicted octanol–water partition coefficient (Wildman–Crippen LogP) is 0.638. The highest BCUT2D eigenvalue weighted by molar-refractivity contribution is 5.05. The van der Waals surface area contributed by atoms with E-state index >= 15 is 0 Å². The second kappa shape index (κ2) is 2.92. The Morgan fingerprint density at radius 2 is 1.80 bits per heavy atom. The maximum Gasteiger partial charge on any atom is 0.0495 e. The van der Waals surface area contributed by atoms with Gasteiger partial charge in [-0.05, 0) is 0 Å². The van der Waals surface area contributed by atoms with E-state index in [-0.39, 0.29) is 5.41 Å². The third-order valence-electron chi connectivity index (χ3n) is 1.31. The van der Waals surface area contributed by atoms with Crippen molar-refractivity contribution < 1.29 is 0 Å². The highest BCUT2D eigenvalue weighted by Crippen LogP contribution is 2.24. The van der Waals surface area contributed by atoms with Crippen LogP contribution in [0.5, 0.6) is 0 Å². The Kier molecular flexibility index (Phi) is 2.72. The average Bonchev–Trinajstić information content (AvgIpc) is 1.60. The molecule has 0 saturated heterocycles. The van der Waals surface area contributed by atoms with Crippen molar-refractivity contribution in [3.63, 3.8) is 0 Å². The minimum absolute atomic E-state index is 0.0260. The van der Waals surface area contributed by atoms with E-state index < -0.39 is 0 Å². The zero-order valence-corrected chi connectivity index (χ0v) is 7.18. The van der Waals surface area contributed by atoms with Gasteiger partial charge in [0.15, 0.2) is 0 Å². The molecule has 4 N–H and O–H groups in total. The van der Waals surface area contributed by atoms with Crippen LogP contribution in [0.3, 0.4) is 0 Å². The van der Waals surface area contributed by atoms with Crippen LogP contribution in [-0.2, 0) is 0 Å². The molecule has 3 heteroatoms. The Bertz CT molecular complexity index is 130. The Balaban J connectivity index is 4.40. The molecule has 0 spiro atoms. The van der Waals surface area contributed by atoms with E-state index in [1.165, 1.54) is 0 Å². The van der Waals surface area contributed by atoms with Gasteiger partial charge in [0.25, 0.3) is 0 Å². The third kappa shape index (κ3) is 2.27. The smallest absolute Gasteiger partial charge is 0.0495 e. The molecule has 0 radical (unpaired) electrons. The lowest BCUT2D eigenvalue weighted by Crippen LogP contribution is -2.33. The average molecular weight is 143 g/mol. The molecule has 0 heterocycles. The van der Waals surface area contributed by atoms with Crippen molar-refractivity contribution in [2.75, 3.05) is 7.05 Å². The Labute approximate surface area is 62.6 Å². The van der Waals surface area contributed by atoms with Gasteiger partial charge < -0.3 is 10.7 Å². The van der Waals surface area contributed by atoms with E-state index in [9.17, 15) is 0 Å². The summed E-state index contributed by atoms with van der Waals surface area (Å²) in [5.41, 5.74) is 6.34. The van der Waals surface area contributed by atoms with Crippen molar-refractivity contribution in [2.45, 2.75) is 20.8 Å². The molecule has 60 valence electrons. The standard InChI is InChI=1S/C7H17N3/c1-7(2,3)6(5-8)10(4)9/h5H,8-9H2,1-4H3/b6-5-. The molecule has 0 atom stereocenters. The molecular formula is C7H17N3. The van der Waals surface area contributed by atoms with E-state index in [2.05, 4.69) is 20.8 Å². The number of nitrogens with two attached hydrogens (primary N) is 2. The molecule has 0 amide bonds. The molecule has 0 bridgehead atoms. The van der Waals surface area contributed by atoms with E-state index in [4.69, 9.17) is 11.6 Å². The number of nitrogens with zero attached hydrogens (tertiary/aromatic N) is 1. The SMILES string of the molecule is CN(N)/C(=C\N)C(C)(C)C. The minimum Gasteiger partial charge on any atom is -0.403 e. The molecule has 0 rings (SSSR count). The summed E-state index contributed by atoms with van der Waals surface area (Å²) in [5, 5.41) is 1.54. The predicted molar refractivity (Wildman–Crippen MR) is 43.7 cm³/mol. The fraction of sp³-hybridized carbons (Fsp3) is 0.714. The fourth-order valence-electron chi connectivity index (χ4n) is 0.897. The summed E-state index contributed by atoms with van der Waals surface area (Å²) in [6.45, 7) is 6.19. The first-order valence-corrected chi connectivity index (χ1v) is 3.30. The maximum atomic E-state index is 5.52. The van der Waals surface area contributed by atoms with Gasteiger partial charge in [-0.2, -0.15) is 0 Å². The van der Waals surface area contributed by atoms with Crippen molar-refractivity contribution in [1.82, 2.24) is 5.01 Å². The van der Waals surface area contributed by atoms with Gasteiger partial charge in [-0.1, -0.05) is 20.8 Å². The topological polar surface area (TPSA) is 55.3 Å². The van der Waals surface area contributed by atoms with Gasteiger partial charge in [0, 0.05) is 24.4 Å². The molecule has 0 aliphatic carbocycles. The van der Waals surface area contributed by atoms with E-state index in [0.717, 1.165) is 5.70 Å². The largest absolute Gasteiger partial charge is 0.403 e. The fourth-order valence-corrected chi connectivity index (χ4v) is 0.897. The van der Waals surface area contributed by atoms with Gasteiger partial charge in [0.05, 0.1) is 0 Å². The second-order valence-corrected chi connectivity index (χ2v) is 3.41. The molecule has 0 aromatic heterocycles. The molecule has 0 aromatic rings. The Morgan fingerprint density at radius 1 is 1.40 bits per heavy atom. The van der Waals surface area contributed by atoms with Crippen molar-refractivity contribution in [3.8, 4) is 0 Å². The van der Waals surface area contributed by atoms with Crippen LogP contribution >= 0.6 is 0 Å². The molecule has 3 nitrogen and oxygen atoms in total. The van der Waals surface area contributed by atoms with Gasteiger partial charge in [0.2, 0.25) is 0 Å². The number of allylic oxidation sites excluding steroid dienone is 1.